The molecule has 0 saturated carbocycles. The van der Waals surface area contributed by atoms with E-state index in [1.807, 2.05) is 0 Å². The fraction of sp³-hybridized carbons (Fsp3) is 0.261. The monoisotopic (exact) mass is 474 g/mol. The molecule has 2 heterocycles. The van der Waals surface area contributed by atoms with Crippen LogP contribution in [0.5, 0.6) is 11.5 Å². The van der Waals surface area contributed by atoms with Gasteiger partial charge in [-0.25, -0.2) is 12.8 Å². The zero-order chi connectivity index (χ0) is 23.6. The Kier molecular flexibility index (Phi) is 6.50. The number of carbonyl (C=O) groups is 1. The molecule has 0 bridgehead atoms. The summed E-state index contributed by atoms with van der Waals surface area (Å²) in [6, 6.07) is 11.2. The smallest absolute Gasteiger partial charge is 0.259 e. The lowest BCUT2D eigenvalue weighted by Crippen LogP contribution is -2.40. The number of hydrogen-bond acceptors (Lipinski definition) is 6. The van der Waals surface area contributed by atoms with E-state index in [1.54, 1.807) is 19.9 Å². The van der Waals surface area contributed by atoms with Crippen molar-refractivity contribution in [2.24, 2.45) is 0 Å². The van der Waals surface area contributed by atoms with Crippen molar-refractivity contribution in [1.82, 2.24) is 4.31 Å². The van der Waals surface area contributed by atoms with Crippen molar-refractivity contribution < 1.29 is 31.5 Å². The molecule has 1 amide bonds. The summed E-state index contributed by atoms with van der Waals surface area (Å²) < 4.78 is 57.3. The number of anilines is 1. The van der Waals surface area contributed by atoms with E-state index >= 15 is 0 Å². The first-order chi connectivity index (χ1) is 15.7. The standard InChI is InChI=1S/C23H23FN2O6S/c1-15-13-20(16(2)31-15)23(27)25-21-14-19(33(28,29)26-9-11-30-12-10-26)7-8-22(21)32-18-5-3-17(24)4-6-18/h3-8,13-14H,9-12H2,1-2H3,(H,25,27). The highest BCUT2D eigenvalue weighted by Gasteiger charge is 2.28. The van der Waals surface area contributed by atoms with Gasteiger partial charge in [-0.05, 0) is 62.4 Å². The third-order valence-electron chi connectivity index (χ3n) is 5.13. The molecule has 0 spiro atoms. The van der Waals surface area contributed by atoms with E-state index in [1.165, 1.54) is 46.8 Å². The van der Waals surface area contributed by atoms with E-state index in [9.17, 15) is 17.6 Å². The number of halogens is 1. The van der Waals surface area contributed by atoms with E-state index in [4.69, 9.17) is 13.9 Å². The van der Waals surface area contributed by atoms with Crippen LogP contribution in [-0.2, 0) is 14.8 Å². The minimum atomic E-state index is -3.81. The molecule has 0 unspecified atom stereocenters. The number of amides is 1. The van der Waals surface area contributed by atoms with Gasteiger partial charge in [0.1, 0.15) is 23.1 Å². The molecule has 33 heavy (non-hydrogen) atoms. The predicted molar refractivity (Wildman–Crippen MR) is 119 cm³/mol. The average molecular weight is 475 g/mol. The number of furan rings is 1. The van der Waals surface area contributed by atoms with Gasteiger partial charge in [-0.2, -0.15) is 4.31 Å². The summed E-state index contributed by atoms with van der Waals surface area (Å²) in [5, 5.41) is 2.72. The summed E-state index contributed by atoms with van der Waals surface area (Å²) in [7, 11) is -3.81. The fourth-order valence-corrected chi connectivity index (χ4v) is 4.90. The quantitative estimate of drug-likeness (QED) is 0.578. The van der Waals surface area contributed by atoms with Gasteiger partial charge in [-0.1, -0.05) is 0 Å². The highest BCUT2D eigenvalue weighted by molar-refractivity contribution is 7.89. The number of aryl methyl sites for hydroxylation is 2. The number of sulfonamides is 1. The first-order valence-electron chi connectivity index (χ1n) is 10.3. The van der Waals surface area contributed by atoms with E-state index in [0.29, 0.717) is 36.0 Å². The lowest BCUT2D eigenvalue weighted by atomic mass is 10.2. The van der Waals surface area contributed by atoms with Crippen LogP contribution < -0.4 is 10.1 Å². The van der Waals surface area contributed by atoms with Crippen molar-refractivity contribution >= 4 is 21.6 Å². The SMILES string of the molecule is Cc1cc(C(=O)Nc2cc(S(=O)(=O)N3CCOCC3)ccc2Oc2ccc(F)cc2)c(C)o1. The van der Waals surface area contributed by atoms with Gasteiger partial charge in [0.15, 0.2) is 5.75 Å². The number of hydrogen-bond donors (Lipinski definition) is 1. The second kappa shape index (κ2) is 9.34. The number of rotatable bonds is 6. The van der Waals surface area contributed by atoms with Crippen LogP contribution >= 0.6 is 0 Å². The first kappa shape index (κ1) is 23.0. The van der Waals surface area contributed by atoms with Gasteiger partial charge in [0.25, 0.3) is 5.91 Å². The van der Waals surface area contributed by atoms with Crippen LogP contribution in [0.25, 0.3) is 0 Å². The molecule has 1 N–H and O–H groups in total. The fourth-order valence-electron chi connectivity index (χ4n) is 3.47. The Morgan fingerprint density at radius 3 is 2.39 bits per heavy atom. The molecule has 2 aromatic carbocycles. The normalized spacial score (nSPS) is 14.8. The Bertz CT molecular complexity index is 1260. The maximum atomic E-state index is 13.3. The van der Waals surface area contributed by atoms with Crippen LogP contribution in [0.3, 0.4) is 0 Å². The predicted octanol–water partition coefficient (Wildman–Crippen LogP) is 4.10. The van der Waals surface area contributed by atoms with E-state index in [-0.39, 0.29) is 29.4 Å². The summed E-state index contributed by atoms with van der Waals surface area (Å²) >= 11 is 0. The van der Waals surface area contributed by atoms with Crippen LogP contribution in [0.15, 0.2) is 57.8 Å². The van der Waals surface area contributed by atoms with Gasteiger partial charge in [0.05, 0.1) is 29.4 Å². The summed E-state index contributed by atoms with van der Waals surface area (Å²) in [5.74, 6) is 0.634. The maximum absolute atomic E-state index is 13.3. The average Bonchev–Trinajstić information content (AvgIpc) is 3.15. The van der Waals surface area contributed by atoms with Gasteiger partial charge < -0.3 is 19.2 Å². The molecule has 0 radical (unpaired) electrons. The number of nitrogens with zero attached hydrogens (tertiary/aromatic N) is 1. The van der Waals surface area contributed by atoms with Gasteiger partial charge in [0, 0.05) is 13.1 Å². The Morgan fingerprint density at radius 1 is 1.06 bits per heavy atom. The molecule has 174 valence electrons. The van der Waals surface area contributed by atoms with Crippen molar-refractivity contribution in [2.45, 2.75) is 18.7 Å². The zero-order valence-electron chi connectivity index (χ0n) is 18.1. The molecular weight excluding hydrogens is 451 g/mol. The van der Waals surface area contributed by atoms with Gasteiger partial charge >= 0.3 is 0 Å². The Balaban J connectivity index is 1.70. The van der Waals surface area contributed by atoms with Crippen molar-refractivity contribution in [3.05, 3.63) is 71.4 Å². The topological polar surface area (TPSA) is 98.1 Å². The Labute approximate surface area is 191 Å². The second-order valence-electron chi connectivity index (χ2n) is 7.51. The van der Waals surface area contributed by atoms with Crippen molar-refractivity contribution in [2.75, 3.05) is 31.6 Å². The van der Waals surface area contributed by atoms with E-state index in [2.05, 4.69) is 5.32 Å². The molecule has 10 heteroatoms. The van der Waals surface area contributed by atoms with E-state index < -0.39 is 21.7 Å². The molecule has 0 aliphatic carbocycles. The van der Waals surface area contributed by atoms with Crippen molar-refractivity contribution in [3.8, 4) is 11.5 Å². The number of carbonyl (C=O) groups excluding carboxylic acids is 1. The molecule has 1 aliphatic heterocycles. The highest BCUT2D eigenvalue weighted by atomic mass is 32.2. The van der Waals surface area contributed by atoms with E-state index in [0.717, 1.165) is 0 Å². The molecule has 4 rings (SSSR count). The third-order valence-corrected chi connectivity index (χ3v) is 7.03. The van der Waals surface area contributed by atoms with Crippen LogP contribution in [0.4, 0.5) is 10.1 Å². The summed E-state index contributed by atoms with van der Waals surface area (Å²) in [6.45, 7) is 4.50. The van der Waals surface area contributed by atoms with Crippen LogP contribution in [0.1, 0.15) is 21.9 Å². The van der Waals surface area contributed by atoms with Gasteiger partial charge in [-0.3, -0.25) is 4.79 Å². The molecule has 8 nitrogen and oxygen atoms in total. The maximum Gasteiger partial charge on any atom is 0.259 e. The van der Waals surface area contributed by atoms with Crippen molar-refractivity contribution in [1.29, 1.82) is 0 Å². The lowest BCUT2D eigenvalue weighted by molar-refractivity contribution is 0.0730. The molecule has 3 aromatic rings. The van der Waals surface area contributed by atoms with Crippen LogP contribution in [0, 0.1) is 19.7 Å². The number of nitrogens with one attached hydrogen (secondary N) is 1. The van der Waals surface area contributed by atoms with Gasteiger partial charge in [0.2, 0.25) is 10.0 Å². The third kappa shape index (κ3) is 5.08. The lowest BCUT2D eigenvalue weighted by Gasteiger charge is -2.26. The van der Waals surface area contributed by atoms with Crippen molar-refractivity contribution in [3.63, 3.8) is 0 Å². The minimum Gasteiger partial charge on any atom is -0.466 e. The number of morpholine rings is 1. The molecular formula is C23H23FN2O6S. The Hall–Kier alpha value is -3.21. The minimum absolute atomic E-state index is 0.00579. The summed E-state index contributed by atoms with van der Waals surface area (Å²) in [4.78, 5) is 12.9. The summed E-state index contributed by atoms with van der Waals surface area (Å²) in [6.07, 6.45) is 0. The molecule has 1 aliphatic rings. The van der Waals surface area contributed by atoms with Gasteiger partial charge in [-0.15, -0.1) is 0 Å². The van der Waals surface area contributed by atoms with Crippen LogP contribution in [-0.4, -0.2) is 44.9 Å². The van der Waals surface area contributed by atoms with Crippen LogP contribution in [0.2, 0.25) is 0 Å². The number of ether oxygens (including phenoxy) is 2. The molecule has 0 atom stereocenters. The molecule has 1 fully saturated rings. The molecule has 1 aromatic heterocycles. The highest BCUT2D eigenvalue weighted by Crippen LogP contribution is 2.33. The number of benzene rings is 2. The second-order valence-corrected chi connectivity index (χ2v) is 9.45. The summed E-state index contributed by atoms with van der Waals surface area (Å²) in [5.41, 5.74) is 0.471. The Morgan fingerprint density at radius 2 is 1.76 bits per heavy atom. The molecule has 1 saturated heterocycles. The largest absolute Gasteiger partial charge is 0.466 e. The zero-order valence-corrected chi connectivity index (χ0v) is 18.9. The first-order valence-corrected chi connectivity index (χ1v) is 11.7.